The summed E-state index contributed by atoms with van der Waals surface area (Å²) in [6.07, 6.45) is 5.66. The number of carbonyl (C=O) groups excluding carboxylic acids is 1. The number of H-pyrrole nitrogens is 1. The summed E-state index contributed by atoms with van der Waals surface area (Å²) in [6.45, 7) is 9.00. The van der Waals surface area contributed by atoms with Crippen LogP contribution in [0.2, 0.25) is 0 Å². The van der Waals surface area contributed by atoms with Crippen LogP contribution in [0.3, 0.4) is 0 Å². The number of fused-ring (bicyclic) bond motifs is 1. The van der Waals surface area contributed by atoms with Crippen LogP contribution in [-0.4, -0.2) is 66.2 Å². The summed E-state index contributed by atoms with van der Waals surface area (Å²) < 4.78 is 5.45. The van der Waals surface area contributed by atoms with E-state index in [4.69, 9.17) is 4.74 Å². The fraction of sp³-hybridized carbons (Fsp3) is 0.600. The molecule has 1 aromatic carbocycles. The molecule has 2 fully saturated rings. The minimum absolute atomic E-state index is 0.0646. The van der Waals surface area contributed by atoms with Gasteiger partial charge < -0.3 is 19.9 Å². The molecule has 0 radical (unpaired) electrons. The van der Waals surface area contributed by atoms with Crippen LogP contribution in [0.25, 0.3) is 10.9 Å². The maximum atomic E-state index is 13.2. The first-order valence-corrected chi connectivity index (χ1v) is 12.0. The van der Waals surface area contributed by atoms with Crippen LogP contribution in [0.4, 0.5) is 4.79 Å². The highest BCUT2D eigenvalue weighted by Crippen LogP contribution is 2.20. The lowest BCUT2D eigenvalue weighted by atomic mass is 9.96. The Morgan fingerprint density at radius 1 is 1.16 bits per heavy atom. The molecule has 1 aliphatic carbocycles. The van der Waals surface area contributed by atoms with Gasteiger partial charge in [0.2, 0.25) is 0 Å². The van der Waals surface area contributed by atoms with E-state index in [2.05, 4.69) is 28.2 Å². The molecular weight excluding hydrogens is 404 g/mol. The molecule has 7 nitrogen and oxygen atoms in total. The summed E-state index contributed by atoms with van der Waals surface area (Å²) in [5.41, 5.74) is 3.61. The van der Waals surface area contributed by atoms with Crippen molar-refractivity contribution in [3.63, 3.8) is 0 Å². The van der Waals surface area contributed by atoms with Crippen molar-refractivity contribution >= 4 is 16.9 Å². The first kappa shape index (κ1) is 22.8. The number of hydrogen-bond acceptors (Lipinski definition) is 4. The second-order valence-corrected chi connectivity index (χ2v) is 9.33. The molecule has 1 saturated carbocycles. The van der Waals surface area contributed by atoms with Gasteiger partial charge in [-0.15, -0.1) is 0 Å². The maximum Gasteiger partial charge on any atom is 0.317 e. The second-order valence-electron chi connectivity index (χ2n) is 9.33. The molecule has 2 aliphatic rings. The van der Waals surface area contributed by atoms with Crippen molar-refractivity contribution in [1.29, 1.82) is 0 Å². The lowest BCUT2D eigenvalue weighted by Gasteiger charge is -2.32. The largest absolute Gasteiger partial charge is 0.379 e. The molecule has 1 aromatic heterocycles. The van der Waals surface area contributed by atoms with Crippen LogP contribution in [0.1, 0.15) is 48.8 Å². The number of urea groups is 1. The number of benzene rings is 1. The van der Waals surface area contributed by atoms with E-state index in [1.807, 2.05) is 24.0 Å². The first-order chi connectivity index (χ1) is 15.5. The van der Waals surface area contributed by atoms with E-state index in [0.717, 1.165) is 67.7 Å². The SMILES string of the molecule is Cc1cc(C)c2cc(CN(CCN3CCOCC3)C(=O)NC3CCCCC3)c(=O)[nH]c2c1. The number of aromatic amines is 1. The monoisotopic (exact) mass is 440 g/mol. The van der Waals surface area contributed by atoms with Crippen LogP contribution in [0.5, 0.6) is 0 Å². The average Bonchev–Trinajstić information content (AvgIpc) is 2.78. The third-order valence-corrected chi connectivity index (χ3v) is 6.76. The minimum atomic E-state index is -0.121. The third kappa shape index (κ3) is 5.70. The van der Waals surface area contributed by atoms with Crippen molar-refractivity contribution in [1.82, 2.24) is 20.1 Å². The molecule has 174 valence electrons. The number of aryl methyl sites for hydroxylation is 2. The van der Waals surface area contributed by atoms with Crippen LogP contribution < -0.4 is 10.9 Å². The Labute approximate surface area is 190 Å². The smallest absolute Gasteiger partial charge is 0.317 e. The number of pyridine rings is 1. The molecule has 0 bridgehead atoms. The molecule has 2 aromatic rings. The number of nitrogens with one attached hydrogen (secondary N) is 2. The van der Waals surface area contributed by atoms with E-state index in [-0.39, 0.29) is 17.6 Å². The number of hydrogen-bond donors (Lipinski definition) is 2. The number of morpholine rings is 1. The number of aromatic nitrogens is 1. The predicted octanol–water partition coefficient (Wildman–Crippen LogP) is 3.32. The number of rotatable bonds is 6. The van der Waals surface area contributed by atoms with Gasteiger partial charge in [-0.3, -0.25) is 9.69 Å². The lowest BCUT2D eigenvalue weighted by Crippen LogP contribution is -2.49. The zero-order chi connectivity index (χ0) is 22.5. The molecule has 1 aliphatic heterocycles. The summed E-state index contributed by atoms with van der Waals surface area (Å²) in [6, 6.07) is 6.25. The summed E-state index contributed by atoms with van der Waals surface area (Å²) in [4.78, 5) is 33.3. The zero-order valence-corrected chi connectivity index (χ0v) is 19.4. The van der Waals surface area contributed by atoms with Gasteiger partial charge in [-0.05, 0) is 49.9 Å². The van der Waals surface area contributed by atoms with Gasteiger partial charge >= 0.3 is 6.03 Å². The van der Waals surface area contributed by atoms with Crippen molar-refractivity contribution < 1.29 is 9.53 Å². The Morgan fingerprint density at radius 2 is 1.91 bits per heavy atom. The Morgan fingerprint density at radius 3 is 2.66 bits per heavy atom. The maximum absolute atomic E-state index is 13.2. The third-order valence-electron chi connectivity index (χ3n) is 6.76. The van der Waals surface area contributed by atoms with Crippen molar-refractivity contribution in [2.45, 2.75) is 58.5 Å². The predicted molar refractivity (Wildman–Crippen MR) is 127 cm³/mol. The van der Waals surface area contributed by atoms with E-state index in [0.29, 0.717) is 18.7 Å². The number of ether oxygens (including phenoxy) is 1. The summed E-state index contributed by atoms with van der Waals surface area (Å²) in [7, 11) is 0. The standard InChI is InChI=1S/C25H36N4O3/c1-18-14-19(2)22-16-20(24(30)27-23(22)15-18)17-29(9-8-28-10-12-32-13-11-28)25(31)26-21-6-4-3-5-7-21/h14-16,21H,3-13,17H2,1-2H3,(H,26,31)(H,27,30). The van der Waals surface area contributed by atoms with E-state index < -0.39 is 0 Å². The van der Waals surface area contributed by atoms with E-state index in [1.165, 1.54) is 19.3 Å². The van der Waals surface area contributed by atoms with Crippen molar-refractivity contribution in [2.24, 2.45) is 0 Å². The molecule has 2 N–H and O–H groups in total. The van der Waals surface area contributed by atoms with Gasteiger partial charge in [0.25, 0.3) is 5.56 Å². The van der Waals surface area contributed by atoms with Crippen LogP contribution in [0.15, 0.2) is 23.0 Å². The molecule has 7 heteroatoms. The Bertz CT molecular complexity index is 991. The van der Waals surface area contributed by atoms with E-state index in [9.17, 15) is 9.59 Å². The van der Waals surface area contributed by atoms with Crippen LogP contribution in [-0.2, 0) is 11.3 Å². The molecule has 2 amide bonds. The number of amides is 2. The first-order valence-electron chi connectivity index (χ1n) is 12.0. The normalized spacial score (nSPS) is 18.1. The molecule has 32 heavy (non-hydrogen) atoms. The van der Waals surface area contributed by atoms with Gasteiger partial charge in [-0.1, -0.05) is 25.3 Å². The molecule has 2 heterocycles. The molecular formula is C25H36N4O3. The molecule has 4 rings (SSSR count). The number of carbonyl (C=O) groups is 1. The van der Waals surface area contributed by atoms with Gasteiger partial charge in [-0.25, -0.2) is 4.79 Å². The fourth-order valence-corrected chi connectivity index (χ4v) is 4.89. The van der Waals surface area contributed by atoms with Gasteiger partial charge in [0, 0.05) is 48.7 Å². The molecule has 0 atom stereocenters. The van der Waals surface area contributed by atoms with Gasteiger partial charge in [0.05, 0.1) is 19.8 Å². The average molecular weight is 441 g/mol. The van der Waals surface area contributed by atoms with Gasteiger partial charge in [-0.2, -0.15) is 0 Å². The Hall–Kier alpha value is -2.38. The minimum Gasteiger partial charge on any atom is -0.379 e. The van der Waals surface area contributed by atoms with Crippen molar-refractivity contribution in [2.75, 3.05) is 39.4 Å². The van der Waals surface area contributed by atoms with Crippen LogP contribution >= 0.6 is 0 Å². The summed E-state index contributed by atoms with van der Waals surface area (Å²) >= 11 is 0. The van der Waals surface area contributed by atoms with Crippen LogP contribution in [0, 0.1) is 13.8 Å². The van der Waals surface area contributed by atoms with Crippen molar-refractivity contribution in [3.05, 3.63) is 45.2 Å². The van der Waals surface area contributed by atoms with E-state index in [1.54, 1.807) is 0 Å². The van der Waals surface area contributed by atoms with Gasteiger partial charge in [0.15, 0.2) is 0 Å². The van der Waals surface area contributed by atoms with E-state index >= 15 is 0 Å². The zero-order valence-electron chi connectivity index (χ0n) is 19.4. The second kappa shape index (κ2) is 10.5. The lowest BCUT2D eigenvalue weighted by molar-refractivity contribution is 0.0345. The fourth-order valence-electron chi connectivity index (χ4n) is 4.89. The summed E-state index contributed by atoms with van der Waals surface area (Å²) in [5.74, 6) is 0. The highest BCUT2D eigenvalue weighted by atomic mass is 16.5. The quantitative estimate of drug-likeness (QED) is 0.722. The number of nitrogens with zero attached hydrogens (tertiary/aromatic N) is 2. The molecule has 1 saturated heterocycles. The molecule has 0 unspecified atom stereocenters. The topological polar surface area (TPSA) is 77.7 Å². The summed E-state index contributed by atoms with van der Waals surface area (Å²) in [5, 5.41) is 4.27. The highest BCUT2D eigenvalue weighted by molar-refractivity contribution is 5.83. The Kier molecular flexibility index (Phi) is 7.48. The molecule has 0 spiro atoms. The Balaban J connectivity index is 1.53. The van der Waals surface area contributed by atoms with Crippen molar-refractivity contribution in [3.8, 4) is 0 Å². The van der Waals surface area contributed by atoms with Gasteiger partial charge in [0.1, 0.15) is 0 Å². The highest BCUT2D eigenvalue weighted by Gasteiger charge is 2.22.